The number of carbonyl (C=O) groups excluding carboxylic acids is 1. The first-order valence-corrected chi connectivity index (χ1v) is 6.69. The largest absolute Gasteiger partial charge is 0.387 e. The van der Waals surface area contributed by atoms with Gasteiger partial charge in [-0.2, -0.15) is 0 Å². The van der Waals surface area contributed by atoms with Gasteiger partial charge in [0, 0.05) is 40.0 Å². The Bertz CT molecular complexity index is 427. The van der Waals surface area contributed by atoms with Gasteiger partial charge in [0.2, 0.25) is 0 Å². The molecule has 0 aromatic heterocycles. The number of methoxy groups -OCH3 is 2. The molecule has 0 unspecified atom stereocenters. The maximum atomic E-state index is 12.6. The van der Waals surface area contributed by atoms with E-state index in [-0.39, 0.29) is 5.91 Å². The average molecular weight is 280 g/mol. The van der Waals surface area contributed by atoms with Crippen LogP contribution in [0.1, 0.15) is 15.9 Å². The summed E-state index contributed by atoms with van der Waals surface area (Å²) in [7, 11) is 5.08. The first-order chi connectivity index (χ1) is 9.63. The number of rotatable bonds is 8. The van der Waals surface area contributed by atoms with Gasteiger partial charge in [0.1, 0.15) is 0 Å². The summed E-state index contributed by atoms with van der Waals surface area (Å²) in [6, 6.07) is 5.77. The molecule has 5 nitrogen and oxygen atoms in total. The van der Waals surface area contributed by atoms with E-state index in [9.17, 15) is 4.79 Å². The molecule has 0 bridgehead atoms. The van der Waals surface area contributed by atoms with Crippen LogP contribution in [-0.2, 0) is 9.47 Å². The third-order valence-corrected chi connectivity index (χ3v) is 3.09. The van der Waals surface area contributed by atoms with E-state index in [0.29, 0.717) is 31.9 Å². The third-order valence-electron chi connectivity index (χ3n) is 3.09. The number of benzene rings is 1. The molecule has 1 amide bonds. The Kier molecular flexibility index (Phi) is 7.04. The van der Waals surface area contributed by atoms with Gasteiger partial charge in [0.25, 0.3) is 5.91 Å². The monoisotopic (exact) mass is 280 g/mol. The number of ether oxygens (including phenoxy) is 2. The van der Waals surface area contributed by atoms with Crippen LogP contribution >= 0.6 is 0 Å². The van der Waals surface area contributed by atoms with Gasteiger partial charge in [0.15, 0.2) is 0 Å². The van der Waals surface area contributed by atoms with Crippen molar-refractivity contribution in [2.24, 2.45) is 0 Å². The molecule has 1 rings (SSSR count). The van der Waals surface area contributed by atoms with Crippen LogP contribution in [0.5, 0.6) is 0 Å². The quantitative estimate of drug-likeness (QED) is 0.788. The molecular formula is C15H24N2O3. The molecular weight excluding hydrogens is 256 g/mol. The minimum atomic E-state index is -0.0107. The van der Waals surface area contributed by atoms with Gasteiger partial charge in [0.05, 0.1) is 18.8 Å². The Morgan fingerprint density at radius 2 is 1.80 bits per heavy atom. The van der Waals surface area contributed by atoms with Gasteiger partial charge in [-0.3, -0.25) is 4.79 Å². The van der Waals surface area contributed by atoms with Gasteiger partial charge in [-0.05, 0) is 24.6 Å². The average Bonchev–Trinajstić information content (AvgIpc) is 2.46. The van der Waals surface area contributed by atoms with Crippen molar-refractivity contribution in [2.75, 3.05) is 52.9 Å². The Morgan fingerprint density at radius 1 is 1.20 bits per heavy atom. The van der Waals surface area contributed by atoms with Crippen LogP contribution in [0.15, 0.2) is 18.2 Å². The zero-order chi connectivity index (χ0) is 15.0. The molecule has 5 heteroatoms. The van der Waals surface area contributed by atoms with Crippen molar-refractivity contribution in [1.82, 2.24) is 4.90 Å². The number of nitrogens with zero attached hydrogens (tertiary/aromatic N) is 1. The minimum absolute atomic E-state index is 0.0107. The SMILES string of the molecule is CNc1cc(C)ccc1C(=O)N(CCOC)CCOC. The predicted molar refractivity (Wildman–Crippen MR) is 80.4 cm³/mol. The molecule has 0 atom stereocenters. The fraction of sp³-hybridized carbons (Fsp3) is 0.533. The van der Waals surface area contributed by atoms with Crippen LogP contribution in [0, 0.1) is 6.92 Å². The van der Waals surface area contributed by atoms with Crippen LogP contribution in [-0.4, -0.2) is 58.4 Å². The Labute approximate surface area is 120 Å². The smallest absolute Gasteiger partial charge is 0.256 e. The lowest BCUT2D eigenvalue weighted by Gasteiger charge is -2.23. The molecule has 1 N–H and O–H groups in total. The lowest BCUT2D eigenvalue weighted by Crippen LogP contribution is -2.36. The maximum Gasteiger partial charge on any atom is 0.256 e. The van der Waals surface area contributed by atoms with E-state index in [0.717, 1.165) is 11.3 Å². The van der Waals surface area contributed by atoms with E-state index in [2.05, 4.69) is 5.32 Å². The molecule has 0 aliphatic heterocycles. The highest BCUT2D eigenvalue weighted by molar-refractivity contribution is 5.99. The maximum absolute atomic E-state index is 12.6. The molecule has 1 aromatic rings. The van der Waals surface area contributed by atoms with Crippen molar-refractivity contribution >= 4 is 11.6 Å². The molecule has 112 valence electrons. The second kappa shape index (κ2) is 8.55. The summed E-state index contributed by atoms with van der Waals surface area (Å²) in [5.41, 5.74) is 2.63. The van der Waals surface area contributed by atoms with E-state index in [1.807, 2.05) is 32.2 Å². The summed E-state index contributed by atoms with van der Waals surface area (Å²) in [6.45, 7) is 4.13. The summed E-state index contributed by atoms with van der Waals surface area (Å²) in [4.78, 5) is 14.4. The van der Waals surface area contributed by atoms with E-state index in [1.54, 1.807) is 19.1 Å². The number of nitrogens with one attached hydrogen (secondary N) is 1. The topological polar surface area (TPSA) is 50.8 Å². The Morgan fingerprint density at radius 3 is 2.30 bits per heavy atom. The van der Waals surface area contributed by atoms with Crippen LogP contribution in [0.25, 0.3) is 0 Å². The molecule has 0 aliphatic rings. The summed E-state index contributed by atoms with van der Waals surface area (Å²) in [5.74, 6) is -0.0107. The number of anilines is 1. The van der Waals surface area contributed by atoms with Crippen molar-refractivity contribution in [3.8, 4) is 0 Å². The predicted octanol–water partition coefficient (Wildman–Crippen LogP) is 1.77. The summed E-state index contributed by atoms with van der Waals surface area (Å²) in [6.07, 6.45) is 0. The molecule has 0 heterocycles. The second-order valence-electron chi connectivity index (χ2n) is 4.58. The molecule has 0 aliphatic carbocycles. The highest BCUT2D eigenvalue weighted by atomic mass is 16.5. The molecule has 0 spiro atoms. The molecule has 0 fully saturated rings. The fourth-order valence-electron chi connectivity index (χ4n) is 1.94. The van der Waals surface area contributed by atoms with Gasteiger partial charge >= 0.3 is 0 Å². The fourth-order valence-corrected chi connectivity index (χ4v) is 1.94. The highest BCUT2D eigenvalue weighted by Crippen LogP contribution is 2.19. The summed E-state index contributed by atoms with van der Waals surface area (Å²) in [5, 5.41) is 3.07. The van der Waals surface area contributed by atoms with Crippen molar-refractivity contribution in [3.05, 3.63) is 29.3 Å². The van der Waals surface area contributed by atoms with Gasteiger partial charge < -0.3 is 19.7 Å². The van der Waals surface area contributed by atoms with Gasteiger partial charge in [-0.1, -0.05) is 6.07 Å². The zero-order valence-electron chi connectivity index (χ0n) is 12.7. The molecule has 0 saturated carbocycles. The van der Waals surface area contributed by atoms with Crippen molar-refractivity contribution < 1.29 is 14.3 Å². The molecule has 0 radical (unpaired) electrons. The number of hydrogen-bond donors (Lipinski definition) is 1. The van der Waals surface area contributed by atoms with Crippen LogP contribution in [0.2, 0.25) is 0 Å². The number of hydrogen-bond acceptors (Lipinski definition) is 4. The standard InChI is InChI=1S/C15H24N2O3/c1-12-5-6-13(14(11-12)16-2)15(18)17(7-9-19-3)8-10-20-4/h5-6,11,16H,7-10H2,1-4H3. The van der Waals surface area contributed by atoms with E-state index >= 15 is 0 Å². The number of amides is 1. The van der Waals surface area contributed by atoms with E-state index in [4.69, 9.17) is 9.47 Å². The first kappa shape index (κ1) is 16.5. The van der Waals surface area contributed by atoms with Gasteiger partial charge in [-0.25, -0.2) is 0 Å². The van der Waals surface area contributed by atoms with Crippen LogP contribution in [0.3, 0.4) is 0 Å². The zero-order valence-corrected chi connectivity index (χ0v) is 12.7. The number of carbonyl (C=O) groups is 1. The van der Waals surface area contributed by atoms with Crippen LogP contribution < -0.4 is 5.32 Å². The Balaban J connectivity index is 2.92. The lowest BCUT2D eigenvalue weighted by molar-refractivity contribution is 0.0628. The highest BCUT2D eigenvalue weighted by Gasteiger charge is 2.18. The second-order valence-corrected chi connectivity index (χ2v) is 4.58. The number of aryl methyl sites for hydroxylation is 1. The normalized spacial score (nSPS) is 10.4. The molecule has 20 heavy (non-hydrogen) atoms. The van der Waals surface area contributed by atoms with Gasteiger partial charge in [-0.15, -0.1) is 0 Å². The van der Waals surface area contributed by atoms with Crippen LogP contribution in [0.4, 0.5) is 5.69 Å². The van der Waals surface area contributed by atoms with Crippen molar-refractivity contribution in [3.63, 3.8) is 0 Å². The summed E-state index contributed by atoms with van der Waals surface area (Å²) < 4.78 is 10.1. The molecule has 0 saturated heterocycles. The third kappa shape index (κ3) is 4.51. The Hall–Kier alpha value is -1.59. The van der Waals surface area contributed by atoms with Crippen molar-refractivity contribution in [1.29, 1.82) is 0 Å². The van der Waals surface area contributed by atoms with E-state index < -0.39 is 0 Å². The minimum Gasteiger partial charge on any atom is -0.387 e. The lowest BCUT2D eigenvalue weighted by atomic mass is 10.1. The summed E-state index contributed by atoms with van der Waals surface area (Å²) >= 11 is 0. The molecule has 1 aromatic carbocycles. The van der Waals surface area contributed by atoms with E-state index in [1.165, 1.54) is 0 Å². The van der Waals surface area contributed by atoms with Crippen molar-refractivity contribution in [2.45, 2.75) is 6.92 Å². The first-order valence-electron chi connectivity index (χ1n) is 6.69.